The van der Waals surface area contributed by atoms with Crippen molar-refractivity contribution in [3.8, 4) is 22.4 Å². The van der Waals surface area contributed by atoms with Crippen LogP contribution in [0.3, 0.4) is 0 Å². The number of nitrogens with zero attached hydrogens (tertiary/aromatic N) is 7. The molecule has 9 amide bonds. The number of nitrogens with two attached hydrogens (primary N) is 1. The Kier molecular flexibility index (Phi) is 21.0. The number of primary amides is 1. The summed E-state index contributed by atoms with van der Waals surface area (Å²) in [6.07, 6.45) is 12.5. The first-order valence-electron chi connectivity index (χ1n) is 33.8. The quantitative estimate of drug-likeness (QED) is 0.0212. The summed E-state index contributed by atoms with van der Waals surface area (Å²) in [6, 6.07) is 20.9. The van der Waals surface area contributed by atoms with Crippen molar-refractivity contribution >= 4 is 85.8 Å². The molecular formula is C72H89N13O12S. The highest BCUT2D eigenvalue weighted by Gasteiger charge is 2.66. The standard InChI is InChI=1S/C72H89N13O12S/c1-44(2)60(80-57(86)18-8-7-11-30-84-58(87)27-28-59(84)88)63(90)78-54(16-12-29-74-65(73)93)62(89)76-49-23-19-46(20-24-49)36-96-68(95)82(6)32-33-97-72-40-69(4)37-70(5,41-72)39-71(38-69,42-72)43-85-45(3)51(35-75-85)50-25-26-52(77-61(50)64(91)92)48-22-21-47-14-13-31-83(55(47)34-48)67(94)81-66-79-53-15-9-10-17-56(53)98-66/h9-10,15,17,19-28,34-35,44,54,58,60,87H,7-8,11-14,16,18,29-33,36-43H2,1-6H3,(H,76,89)(H,78,90)(H,80,86)(H,91,92)(H3,73,74,93)(H,79,81,94)/t54-,58?,60-,69?,70?,71?,72?/m0/s1. The average molecular weight is 1360 g/mol. The van der Waals surface area contributed by atoms with Crippen LogP contribution >= 0.6 is 11.3 Å². The van der Waals surface area contributed by atoms with E-state index in [1.54, 1.807) is 62.3 Å². The van der Waals surface area contributed by atoms with Crippen molar-refractivity contribution < 1.29 is 58.0 Å². The molecule has 0 saturated heterocycles. The van der Waals surface area contributed by atoms with Gasteiger partial charge in [-0.1, -0.05) is 81.9 Å². The van der Waals surface area contributed by atoms with Gasteiger partial charge in [0.15, 0.2) is 10.8 Å². The molecule has 0 radical (unpaired) electrons. The van der Waals surface area contributed by atoms with Gasteiger partial charge in [0.1, 0.15) is 24.9 Å². The number of rotatable bonds is 28. The summed E-state index contributed by atoms with van der Waals surface area (Å²) in [7, 11) is 1.67. The molecule has 5 atom stereocenters. The van der Waals surface area contributed by atoms with Crippen LogP contribution in [0.2, 0.25) is 0 Å². The number of anilines is 3. The van der Waals surface area contributed by atoms with Crippen molar-refractivity contribution in [2.45, 2.75) is 162 Å². The number of unbranched alkanes of at least 4 members (excludes halogenated alkanes) is 2. The number of ether oxygens (including phenoxy) is 2. The zero-order valence-corrected chi connectivity index (χ0v) is 57.3. The molecule has 5 heterocycles. The Bertz CT molecular complexity index is 3990. The molecule has 4 fully saturated rings. The first-order chi connectivity index (χ1) is 46.8. The topological polar surface area (TPSA) is 335 Å². The van der Waals surface area contributed by atoms with E-state index < -0.39 is 53.8 Å². The second kappa shape index (κ2) is 29.4. The Hall–Kier alpha value is -9.27. The third-order valence-electron chi connectivity index (χ3n) is 19.8. The summed E-state index contributed by atoms with van der Waals surface area (Å²) in [5.41, 5.74) is 11.4. The van der Waals surface area contributed by atoms with Gasteiger partial charge in [-0.25, -0.2) is 29.1 Å². The fourth-order valence-electron chi connectivity index (χ4n) is 16.3. The Morgan fingerprint density at radius 2 is 1.62 bits per heavy atom. The van der Waals surface area contributed by atoms with E-state index in [1.165, 1.54) is 33.3 Å². The number of aryl methyl sites for hydroxylation is 1. The molecule has 9 N–H and O–H groups in total. The highest BCUT2D eigenvalue weighted by atomic mass is 32.1. The van der Waals surface area contributed by atoms with Crippen molar-refractivity contribution in [3.05, 3.63) is 120 Å². The molecule has 4 saturated carbocycles. The number of carbonyl (C=O) groups is 8. The number of aromatic carboxylic acids is 1. The van der Waals surface area contributed by atoms with Crippen molar-refractivity contribution in [2.24, 2.45) is 27.9 Å². The Labute approximate surface area is 573 Å². The van der Waals surface area contributed by atoms with Gasteiger partial charge >= 0.3 is 24.1 Å². The number of carbonyl (C=O) groups excluding carboxylic acids is 7. The third-order valence-corrected chi connectivity index (χ3v) is 20.7. The number of aliphatic hydroxyl groups excluding tert-OH is 1. The fraction of sp³-hybridized carbons (Fsp3) is 0.486. The van der Waals surface area contributed by atoms with Gasteiger partial charge in [-0.15, -0.1) is 0 Å². The molecule has 3 unspecified atom stereocenters. The molecule has 98 heavy (non-hydrogen) atoms. The summed E-state index contributed by atoms with van der Waals surface area (Å²) in [6.45, 7) is 12.5. The summed E-state index contributed by atoms with van der Waals surface area (Å²) in [5, 5.41) is 40.1. The predicted octanol–water partition coefficient (Wildman–Crippen LogP) is 9.91. The molecule has 4 bridgehead atoms. The SMILES string of the molecule is Cc1c(-c2ccc(-c3ccc4c(c3)N(C(=O)Nc3nc5ccccc5s3)CCC4)nc2C(=O)O)cnn1CC12CC3(C)CC(C)(C1)CC(OCCN(C)C(=O)OCc1ccc(NC(=O)[C@H](CCCNC(N)=O)NC(=O)[C@@H](NC(=O)CCCCCN4C(=O)C=CC4O)C(C)C)cc1)(C3)C2. The number of amides is 9. The molecule has 3 aromatic heterocycles. The van der Waals surface area contributed by atoms with Crippen molar-refractivity contribution in [1.29, 1.82) is 0 Å². The Balaban J connectivity index is 0.669. The van der Waals surface area contributed by atoms with Crippen LogP contribution in [0.1, 0.15) is 138 Å². The maximum absolute atomic E-state index is 13.8. The summed E-state index contributed by atoms with van der Waals surface area (Å²) < 4.78 is 15.7. The van der Waals surface area contributed by atoms with E-state index in [2.05, 4.69) is 45.4 Å². The van der Waals surface area contributed by atoms with Gasteiger partial charge in [0.05, 0.1) is 34.3 Å². The van der Waals surface area contributed by atoms with Crippen LogP contribution in [0.25, 0.3) is 32.6 Å². The van der Waals surface area contributed by atoms with Gasteiger partial charge in [-0.2, -0.15) is 5.10 Å². The maximum atomic E-state index is 13.8. The number of nitrogens with one attached hydrogen (secondary N) is 5. The molecule has 2 aliphatic heterocycles. The first-order valence-corrected chi connectivity index (χ1v) is 34.7. The average Bonchev–Trinajstić information content (AvgIpc) is 0.723. The number of para-hydroxylation sites is 1. The fourth-order valence-corrected chi connectivity index (χ4v) is 17.2. The Morgan fingerprint density at radius 1 is 0.857 bits per heavy atom. The number of aromatic nitrogens is 4. The minimum absolute atomic E-state index is 0.00731. The molecule has 26 heteroatoms. The van der Waals surface area contributed by atoms with Gasteiger partial charge in [-0.05, 0) is 166 Å². The first kappa shape index (κ1) is 70.1. The van der Waals surface area contributed by atoms with Gasteiger partial charge in [0.2, 0.25) is 23.6 Å². The van der Waals surface area contributed by atoms with Crippen molar-refractivity contribution in [3.63, 3.8) is 0 Å². The van der Waals surface area contributed by atoms with E-state index in [0.29, 0.717) is 90.7 Å². The molecule has 3 aromatic carbocycles. The van der Waals surface area contributed by atoms with Crippen molar-refractivity contribution in [2.75, 3.05) is 55.4 Å². The molecular weight excluding hydrogens is 1270 g/mol. The lowest BCUT2D eigenvalue weighted by Gasteiger charge is -2.69. The van der Waals surface area contributed by atoms with Crippen LogP contribution in [0.5, 0.6) is 0 Å². The number of likely N-dealkylation sites (N-methyl/N-ethyl adjacent to an activating group) is 1. The number of carboxylic acids is 1. The number of urea groups is 2. The van der Waals surface area contributed by atoms with Crippen LogP contribution in [0.4, 0.5) is 30.9 Å². The van der Waals surface area contributed by atoms with Gasteiger partial charge in [0.25, 0.3) is 0 Å². The summed E-state index contributed by atoms with van der Waals surface area (Å²) >= 11 is 1.42. The third kappa shape index (κ3) is 16.3. The molecule has 520 valence electrons. The summed E-state index contributed by atoms with van der Waals surface area (Å²) in [4.78, 5) is 118. The highest BCUT2D eigenvalue weighted by molar-refractivity contribution is 7.22. The van der Waals surface area contributed by atoms with E-state index in [4.69, 9.17) is 25.3 Å². The lowest BCUT2D eigenvalue weighted by atomic mass is 9.39. The lowest BCUT2D eigenvalue weighted by molar-refractivity contribution is -0.248. The zero-order valence-electron chi connectivity index (χ0n) is 56.5. The van der Waals surface area contributed by atoms with Gasteiger partial charge in [0, 0.05) is 86.0 Å². The summed E-state index contributed by atoms with van der Waals surface area (Å²) in [5.74, 6) is -3.19. The van der Waals surface area contributed by atoms with Crippen LogP contribution in [0, 0.1) is 29.1 Å². The lowest BCUT2D eigenvalue weighted by Crippen LogP contribution is -2.64. The number of pyridine rings is 1. The molecule has 4 aliphatic carbocycles. The van der Waals surface area contributed by atoms with E-state index in [0.717, 1.165) is 78.5 Å². The zero-order chi connectivity index (χ0) is 69.7. The monoisotopic (exact) mass is 1360 g/mol. The molecule has 25 nitrogen and oxygen atoms in total. The number of hydrogen-bond donors (Lipinski definition) is 8. The number of fused-ring (bicyclic) bond motifs is 2. The van der Waals surface area contributed by atoms with Crippen LogP contribution < -0.4 is 37.2 Å². The van der Waals surface area contributed by atoms with E-state index in [-0.39, 0.29) is 78.2 Å². The van der Waals surface area contributed by atoms with Crippen LogP contribution in [0.15, 0.2) is 97.2 Å². The largest absolute Gasteiger partial charge is 0.476 e. The van der Waals surface area contributed by atoms with E-state index in [1.807, 2.05) is 60.1 Å². The number of aliphatic hydroxyl groups is 1. The van der Waals surface area contributed by atoms with Crippen LogP contribution in [-0.2, 0) is 48.2 Å². The van der Waals surface area contributed by atoms with E-state index >= 15 is 0 Å². The Morgan fingerprint density at radius 3 is 2.34 bits per heavy atom. The maximum Gasteiger partial charge on any atom is 0.409 e. The predicted molar refractivity (Wildman–Crippen MR) is 371 cm³/mol. The normalized spacial score (nSPS) is 22.0. The number of hydrogen-bond acceptors (Lipinski definition) is 15. The second-order valence-electron chi connectivity index (χ2n) is 28.5. The van der Waals surface area contributed by atoms with Crippen LogP contribution in [-0.4, -0.2) is 151 Å². The van der Waals surface area contributed by atoms with Gasteiger partial charge < -0.3 is 56.5 Å². The van der Waals surface area contributed by atoms with E-state index in [9.17, 15) is 48.6 Å². The second-order valence-corrected chi connectivity index (χ2v) is 29.5. The minimum atomic E-state index is -1.17. The minimum Gasteiger partial charge on any atom is -0.476 e. The number of carboxylic acid groups (broad SMARTS) is 1. The number of thiazole rings is 1. The number of benzene rings is 3. The van der Waals surface area contributed by atoms with Crippen molar-refractivity contribution in [1.82, 2.24) is 45.5 Å². The molecule has 12 rings (SSSR count). The van der Waals surface area contributed by atoms with Gasteiger partial charge in [-0.3, -0.25) is 34.1 Å². The highest BCUT2D eigenvalue weighted by Crippen LogP contribution is 2.72. The molecule has 0 spiro atoms. The molecule has 6 aliphatic rings. The smallest absolute Gasteiger partial charge is 0.409 e. The molecule has 6 aromatic rings.